The summed E-state index contributed by atoms with van der Waals surface area (Å²) in [5, 5.41) is 17.5. The molecule has 0 fully saturated rings. The normalized spacial score (nSPS) is 12.4. The van der Waals surface area contributed by atoms with Crippen LogP contribution in [0.3, 0.4) is 0 Å². The van der Waals surface area contributed by atoms with E-state index in [0.29, 0.717) is 24.0 Å². The smallest absolute Gasteiger partial charge is 0.275 e. The average Bonchev–Trinajstić information content (AvgIpc) is 2.44. The van der Waals surface area contributed by atoms with Crippen molar-refractivity contribution in [2.45, 2.75) is 46.7 Å². The van der Waals surface area contributed by atoms with Crippen LogP contribution in [0.15, 0.2) is 29.1 Å². The topological polar surface area (TPSA) is 67.2 Å². The maximum atomic E-state index is 12.1. The monoisotopic (exact) mass is 301 g/mol. The second-order valence-electron chi connectivity index (χ2n) is 5.76. The Labute approximate surface area is 130 Å². The van der Waals surface area contributed by atoms with Gasteiger partial charge in [0.2, 0.25) is 0 Å². The number of aromatic hydroxyl groups is 1. The van der Waals surface area contributed by atoms with E-state index in [9.17, 15) is 9.90 Å². The Morgan fingerprint density at radius 3 is 2.45 bits per heavy atom. The molecule has 0 saturated carbocycles. The van der Waals surface area contributed by atoms with Gasteiger partial charge in [-0.15, -0.1) is 0 Å². The Kier molecular flexibility index (Phi) is 4.98. The van der Waals surface area contributed by atoms with Crippen molar-refractivity contribution in [2.24, 2.45) is 0 Å². The summed E-state index contributed by atoms with van der Waals surface area (Å²) in [5.74, 6) is -0.0681. The number of rotatable bonds is 5. The van der Waals surface area contributed by atoms with Crippen LogP contribution in [0.2, 0.25) is 0 Å². The number of nitrogens with one attached hydrogen (secondary N) is 1. The predicted molar refractivity (Wildman–Crippen MR) is 87.6 cm³/mol. The Bertz CT molecular complexity index is 702. The molecule has 0 radical (unpaired) electrons. The van der Waals surface area contributed by atoms with Crippen molar-refractivity contribution in [1.29, 1.82) is 0 Å². The van der Waals surface area contributed by atoms with Gasteiger partial charge in [0.15, 0.2) is 0 Å². The van der Waals surface area contributed by atoms with Gasteiger partial charge in [-0.1, -0.05) is 13.0 Å². The molecule has 118 valence electrons. The summed E-state index contributed by atoms with van der Waals surface area (Å²) in [4.78, 5) is 12.1. The van der Waals surface area contributed by atoms with Crippen LogP contribution in [0, 0.1) is 13.8 Å². The third-order valence-corrected chi connectivity index (χ3v) is 3.67. The number of aryl methyl sites for hydroxylation is 2. The van der Waals surface area contributed by atoms with Crippen LogP contribution < -0.4 is 10.9 Å². The lowest BCUT2D eigenvalue weighted by Gasteiger charge is -2.13. The van der Waals surface area contributed by atoms with Crippen molar-refractivity contribution in [3.8, 4) is 11.4 Å². The van der Waals surface area contributed by atoms with Gasteiger partial charge in [-0.25, -0.2) is 0 Å². The molecular formula is C17H23N3O2. The maximum Gasteiger partial charge on any atom is 0.275 e. The third kappa shape index (κ3) is 3.74. The summed E-state index contributed by atoms with van der Waals surface area (Å²) in [6, 6.07) is 7.40. The first-order valence-electron chi connectivity index (χ1n) is 7.55. The Hall–Kier alpha value is -2.14. The molecule has 0 spiro atoms. The van der Waals surface area contributed by atoms with Crippen molar-refractivity contribution in [3.63, 3.8) is 0 Å². The first kappa shape index (κ1) is 16.2. The van der Waals surface area contributed by atoms with Gasteiger partial charge in [-0.05, 0) is 50.5 Å². The van der Waals surface area contributed by atoms with Crippen LogP contribution >= 0.6 is 0 Å². The van der Waals surface area contributed by atoms with Crippen LogP contribution in [-0.4, -0.2) is 20.9 Å². The number of benzene rings is 1. The zero-order valence-electron chi connectivity index (χ0n) is 13.6. The highest BCUT2D eigenvalue weighted by Crippen LogP contribution is 2.15. The molecule has 0 aliphatic carbocycles. The number of hydrogen-bond donors (Lipinski definition) is 2. The van der Waals surface area contributed by atoms with Crippen molar-refractivity contribution < 1.29 is 5.11 Å². The van der Waals surface area contributed by atoms with Gasteiger partial charge in [0.25, 0.3) is 5.56 Å². The van der Waals surface area contributed by atoms with Crippen LogP contribution in [0.4, 0.5) is 0 Å². The molecule has 0 bridgehead atoms. The minimum Gasteiger partial charge on any atom is -0.506 e. The lowest BCUT2D eigenvalue weighted by Crippen LogP contribution is -2.28. The molecule has 2 rings (SSSR count). The van der Waals surface area contributed by atoms with E-state index in [1.54, 1.807) is 0 Å². The minimum atomic E-state index is -0.338. The summed E-state index contributed by atoms with van der Waals surface area (Å²) in [5.41, 5.74) is 2.98. The van der Waals surface area contributed by atoms with E-state index >= 15 is 0 Å². The first-order chi connectivity index (χ1) is 10.4. The number of hydrogen-bond acceptors (Lipinski definition) is 4. The van der Waals surface area contributed by atoms with E-state index < -0.39 is 0 Å². The summed E-state index contributed by atoms with van der Waals surface area (Å²) in [6.45, 7) is 8.53. The van der Waals surface area contributed by atoms with Gasteiger partial charge in [0.1, 0.15) is 11.4 Å². The van der Waals surface area contributed by atoms with Crippen LogP contribution in [0.1, 0.15) is 37.1 Å². The third-order valence-electron chi connectivity index (χ3n) is 3.67. The van der Waals surface area contributed by atoms with Crippen LogP contribution in [0.25, 0.3) is 5.69 Å². The van der Waals surface area contributed by atoms with E-state index in [-0.39, 0.29) is 11.3 Å². The predicted octanol–water partition coefficient (Wildman–Crippen LogP) is 2.44. The molecule has 2 N–H and O–H groups in total. The van der Waals surface area contributed by atoms with Crippen molar-refractivity contribution in [3.05, 3.63) is 51.4 Å². The van der Waals surface area contributed by atoms with Crippen LogP contribution in [0.5, 0.6) is 5.75 Å². The summed E-state index contributed by atoms with van der Waals surface area (Å²) in [7, 11) is 0. The van der Waals surface area contributed by atoms with E-state index in [1.165, 1.54) is 10.7 Å². The van der Waals surface area contributed by atoms with Gasteiger partial charge in [-0.3, -0.25) is 4.79 Å². The lowest BCUT2D eigenvalue weighted by molar-refractivity contribution is 0.443. The molecule has 1 unspecified atom stereocenters. The average molecular weight is 301 g/mol. The largest absolute Gasteiger partial charge is 0.506 e. The Morgan fingerprint density at radius 1 is 1.23 bits per heavy atom. The van der Waals surface area contributed by atoms with E-state index in [0.717, 1.165) is 17.5 Å². The standard InChI is InChI=1S/C17H23N3O2/c1-5-13(4)18-10-15-16(21)9-17(22)20(19-15)14-7-11(2)6-12(3)8-14/h6-9,13,18,21H,5,10H2,1-4H3. The second kappa shape index (κ2) is 6.75. The van der Waals surface area contributed by atoms with Gasteiger partial charge in [0.05, 0.1) is 5.69 Å². The van der Waals surface area contributed by atoms with E-state index in [2.05, 4.69) is 24.3 Å². The van der Waals surface area contributed by atoms with Crippen molar-refractivity contribution >= 4 is 0 Å². The van der Waals surface area contributed by atoms with Crippen LogP contribution in [-0.2, 0) is 6.54 Å². The first-order valence-corrected chi connectivity index (χ1v) is 7.55. The molecule has 0 saturated heterocycles. The fourth-order valence-electron chi connectivity index (χ4n) is 2.28. The highest BCUT2D eigenvalue weighted by molar-refractivity contribution is 5.39. The fraction of sp³-hybridized carbons (Fsp3) is 0.412. The molecule has 1 atom stereocenters. The molecule has 5 heteroatoms. The Balaban J connectivity index is 2.41. The van der Waals surface area contributed by atoms with Crippen molar-refractivity contribution in [1.82, 2.24) is 15.1 Å². The zero-order valence-corrected chi connectivity index (χ0v) is 13.6. The molecule has 5 nitrogen and oxygen atoms in total. The quantitative estimate of drug-likeness (QED) is 0.890. The summed E-state index contributed by atoms with van der Waals surface area (Å²) >= 11 is 0. The molecule has 0 amide bonds. The molecule has 22 heavy (non-hydrogen) atoms. The summed E-state index contributed by atoms with van der Waals surface area (Å²) in [6.07, 6.45) is 0.984. The highest BCUT2D eigenvalue weighted by atomic mass is 16.3. The fourth-order valence-corrected chi connectivity index (χ4v) is 2.28. The maximum absolute atomic E-state index is 12.1. The molecule has 1 heterocycles. The summed E-state index contributed by atoms with van der Waals surface area (Å²) < 4.78 is 1.34. The van der Waals surface area contributed by atoms with E-state index in [1.807, 2.05) is 32.0 Å². The molecule has 0 aliphatic rings. The molecule has 1 aromatic carbocycles. The molecule has 1 aromatic heterocycles. The van der Waals surface area contributed by atoms with E-state index in [4.69, 9.17) is 0 Å². The minimum absolute atomic E-state index is 0.0681. The Morgan fingerprint density at radius 2 is 1.86 bits per heavy atom. The number of aromatic nitrogens is 2. The van der Waals surface area contributed by atoms with Gasteiger partial charge in [0, 0.05) is 18.7 Å². The molecule has 2 aromatic rings. The molecule has 0 aliphatic heterocycles. The molecular weight excluding hydrogens is 278 g/mol. The van der Waals surface area contributed by atoms with Gasteiger partial charge >= 0.3 is 0 Å². The van der Waals surface area contributed by atoms with Gasteiger partial charge in [-0.2, -0.15) is 9.78 Å². The van der Waals surface area contributed by atoms with Gasteiger partial charge < -0.3 is 10.4 Å². The zero-order chi connectivity index (χ0) is 16.3. The second-order valence-corrected chi connectivity index (χ2v) is 5.76. The highest BCUT2D eigenvalue weighted by Gasteiger charge is 2.11. The number of nitrogens with zero attached hydrogens (tertiary/aromatic N) is 2. The lowest BCUT2D eigenvalue weighted by atomic mass is 10.1. The van der Waals surface area contributed by atoms with Crippen molar-refractivity contribution in [2.75, 3.05) is 0 Å². The SMILES string of the molecule is CCC(C)NCc1nn(-c2cc(C)cc(C)c2)c(=O)cc1O.